The van der Waals surface area contributed by atoms with Crippen LogP contribution in [0.4, 0.5) is 5.69 Å². The highest BCUT2D eigenvalue weighted by atomic mass is 16.3. The molecule has 3 aliphatic carbocycles. The predicted octanol–water partition coefficient (Wildman–Crippen LogP) is 3.69. The molecule has 3 saturated carbocycles. The molecule has 108 valence electrons. The van der Waals surface area contributed by atoms with E-state index in [-0.39, 0.29) is 11.8 Å². The van der Waals surface area contributed by atoms with Crippen LogP contribution in [0.2, 0.25) is 0 Å². The van der Waals surface area contributed by atoms with Crippen molar-refractivity contribution in [2.24, 2.45) is 17.8 Å². The first-order valence-corrected chi connectivity index (χ1v) is 7.97. The Balaban J connectivity index is 1.35. The second-order valence-corrected chi connectivity index (χ2v) is 6.92. The fraction of sp³-hybridized carbons (Fsp3) is 0.529. The smallest absolute Gasteiger partial charge is 0.227 e. The molecule has 21 heavy (non-hydrogen) atoms. The van der Waals surface area contributed by atoms with Crippen LogP contribution in [0.1, 0.15) is 43.9 Å². The second kappa shape index (κ2) is 4.09. The van der Waals surface area contributed by atoms with E-state index in [4.69, 9.17) is 4.42 Å². The molecule has 4 nitrogen and oxygen atoms in total. The average molecular weight is 282 g/mol. The molecule has 0 bridgehead atoms. The quantitative estimate of drug-likeness (QED) is 0.934. The van der Waals surface area contributed by atoms with Crippen molar-refractivity contribution in [1.82, 2.24) is 4.98 Å². The first-order chi connectivity index (χ1) is 10.3. The molecule has 5 rings (SSSR count). The van der Waals surface area contributed by atoms with Gasteiger partial charge in [-0.25, -0.2) is 4.98 Å². The van der Waals surface area contributed by atoms with E-state index in [2.05, 4.69) is 10.3 Å². The lowest BCUT2D eigenvalue weighted by atomic mass is 10.0. The molecule has 1 heterocycles. The molecule has 1 N–H and O–H groups in total. The van der Waals surface area contributed by atoms with Crippen LogP contribution in [-0.4, -0.2) is 10.9 Å². The number of nitrogens with zero attached hydrogens (tertiary/aromatic N) is 1. The van der Waals surface area contributed by atoms with Gasteiger partial charge < -0.3 is 9.73 Å². The van der Waals surface area contributed by atoms with Gasteiger partial charge in [-0.15, -0.1) is 0 Å². The van der Waals surface area contributed by atoms with E-state index in [0.717, 1.165) is 47.4 Å². The predicted molar refractivity (Wildman–Crippen MR) is 78.9 cm³/mol. The van der Waals surface area contributed by atoms with Crippen molar-refractivity contribution < 1.29 is 9.21 Å². The number of fused-ring (bicyclic) bond motifs is 2. The van der Waals surface area contributed by atoms with Crippen molar-refractivity contribution in [3.05, 3.63) is 24.1 Å². The molecule has 1 aromatic heterocycles. The number of amides is 1. The highest BCUT2D eigenvalue weighted by molar-refractivity contribution is 5.94. The lowest BCUT2D eigenvalue weighted by Gasteiger charge is -2.12. The van der Waals surface area contributed by atoms with Crippen molar-refractivity contribution in [2.75, 3.05) is 5.32 Å². The summed E-state index contributed by atoms with van der Waals surface area (Å²) < 4.78 is 5.75. The first-order valence-electron chi connectivity index (χ1n) is 7.97. The molecule has 1 amide bonds. The third kappa shape index (κ3) is 2.04. The Bertz CT molecular complexity index is 721. The van der Waals surface area contributed by atoms with Crippen molar-refractivity contribution in [3.8, 4) is 0 Å². The van der Waals surface area contributed by atoms with Gasteiger partial charge in [0.1, 0.15) is 5.52 Å². The van der Waals surface area contributed by atoms with E-state index in [1.807, 2.05) is 18.2 Å². The number of carbonyl (C=O) groups excluding carboxylic acids is 1. The molecular formula is C17H18N2O2. The Morgan fingerprint density at radius 2 is 2.00 bits per heavy atom. The molecule has 2 aromatic rings. The van der Waals surface area contributed by atoms with Crippen LogP contribution in [0, 0.1) is 17.8 Å². The molecule has 2 unspecified atom stereocenters. The van der Waals surface area contributed by atoms with Gasteiger partial charge >= 0.3 is 0 Å². The van der Waals surface area contributed by atoms with E-state index >= 15 is 0 Å². The van der Waals surface area contributed by atoms with E-state index in [0.29, 0.717) is 5.92 Å². The number of benzene rings is 1. The van der Waals surface area contributed by atoms with Crippen LogP contribution in [0.15, 0.2) is 22.6 Å². The van der Waals surface area contributed by atoms with Gasteiger partial charge in [-0.2, -0.15) is 0 Å². The number of aromatic nitrogens is 1. The van der Waals surface area contributed by atoms with Crippen LogP contribution >= 0.6 is 0 Å². The molecule has 0 radical (unpaired) electrons. The summed E-state index contributed by atoms with van der Waals surface area (Å²) in [5, 5.41) is 3.05. The third-order valence-electron chi connectivity index (χ3n) is 5.21. The summed E-state index contributed by atoms with van der Waals surface area (Å²) in [6, 6.07) is 5.76. The van der Waals surface area contributed by atoms with Crippen molar-refractivity contribution >= 4 is 22.7 Å². The fourth-order valence-electron chi connectivity index (χ4n) is 3.70. The van der Waals surface area contributed by atoms with Gasteiger partial charge in [0.05, 0.1) is 0 Å². The summed E-state index contributed by atoms with van der Waals surface area (Å²) in [6.07, 6.45) is 5.86. The van der Waals surface area contributed by atoms with Crippen LogP contribution < -0.4 is 5.32 Å². The number of hydrogen-bond acceptors (Lipinski definition) is 3. The number of hydrogen-bond donors (Lipinski definition) is 1. The minimum absolute atomic E-state index is 0.174. The average Bonchev–Trinajstić information content (AvgIpc) is 3.39. The van der Waals surface area contributed by atoms with Crippen LogP contribution in [-0.2, 0) is 4.79 Å². The highest BCUT2D eigenvalue weighted by Gasteiger charge is 2.47. The maximum Gasteiger partial charge on any atom is 0.227 e. The second-order valence-electron chi connectivity index (χ2n) is 6.92. The first kappa shape index (κ1) is 11.8. The van der Waals surface area contributed by atoms with Gasteiger partial charge in [0.2, 0.25) is 5.91 Å². The van der Waals surface area contributed by atoms with Crippen LogP contribution in [0.3, 0.4) is 0 Å². The van der Waals surface area contributed by atoms with E-state index < -0.39 is 0 Å². The zero-order valence-corrected chi connectivity index (χ0v) is 11.8. The normalized spacial score (nSPS) is 30.4. The molecule has 3 aliphatic rings. The lowest BCUT2D eigenvalue weighted by Crippen LogP contribution is -2.21. The van der Waals surface area contributed by atoms with E-state index in [1.54, 1.807) is 0 Å². The van der Waals surface area contributed by atoms with E-state index in [9.17, 15) is 4.79 Å². The molecule has 0 aliphatic heterocycles. The summed E-state index contributed by atoms with van der Waals surface area (Å²) in [5.74, 6) is 3.42. The van der Waals surface area contributed by atoms with Crippen molar-refractivity contribution in [1.29, 1.82) is 0 Å². The monoisotopic (exact) mass is 282 g/mol. The summed E-state index contributed by atoms with van der Waals surface area (Å²) in [5.41, 5.74) is 2.50. The van der Waals surface area contributed by atoms with Crippen LogP contribution in [0.5, 0.6) is 0 Å². The minimum Gasteiger partial charge on any atom is -0.440 e. The maximum absolute atomic E-state index is 12.3. The van der Waals surface area contributed by atoms with Gasteiger partial charge in [-0.3, -0.25) is 4.79 Å². The Hall–Kier alpha value is -1.84. The summed E-state index contributed by atoms with van der Waals surface area (Å²) in [7, 11) is 0. The number of anilines is 1. The Morgan fingerprint density at radius 1 is 1.19 bits per heavy atom. The van der Waals surface area contributed by atoms with Crippen molar-refractivity contribution in [3.63, 3.8) is 0 Å². The molecular weight excluding hydrogens is 264 g/mol. The lowest BCUT2D eigenvalue weighted by molar-refractivity contribution is -0.120. The number of carbonyl (C=O) groups is 1. The van der Waals surface area contributed by atoms with Gasteiger partial charge in [-0.1, -0.05) is 0 Å². The highest BCUT2D eigenvalue weighted by Crippen LogP contribution is 2.54. The topological polar surface area (TPSA) is 55.1 Å². The van der Waals surface area contributed by atoms with Gasteiger partial charge in [0.15, 0.2) is 11.5 Å². The number of nitrogens with one attached hydrogen (secondary N) is 1. The molecule has 0 spiro atoms. The van der Waals surface area contributed by atoms with Gasteiger partial charge in [-0.05, 0) is 62.1 Å². The van der Waals surface area contributed by atoms with E-state index in [1.165, 1.54) is 19.3 Å². The molecule has 2 atom stereocenters. The Morgan fingerprint density at radius 3 is 2.76 bits per heavy atom. The number of oxazole rings is 1. The summed E-state index contributed by atoms with van der Waals surface area (Å²) in [4.78, 5) is 16.8. The zero-order valence-electron chi connectivity index (χ0n) is 11.8. The van der Waals surface area contributed by atoms with Gasteiger partial charge in [0, 0.05) is 17.5 Å². The molecule has 3 fully saturated rings. The molecule has 1 aromatic carbocycles. The molecule has 4 heteroatoms. The summed E-state index contributed by atoms with van der Waals surface area (Å²) >= 11 is 0. The third-order valence-corrected chi connectivity index (χ3v) is 5.21. The van der Waals surface area contributed by atoms with Crippen LogP contribution in [0.25, 0.3) is 11.1 Å². The minimum atomic E-state index is 0.174. The molecule has 0 saturated heterocycles. The maximum atomic E-state index is 12.3. The summed E-state index contributed by atoms with van der Waals surface area (Å²) in [6.45, 7) is 0. The van der Waals surface area contributed by atoms with Gasteiger partial charge in [0.25, 0.3) is 0 Å². The zero-order chi connectivity index (χ0) is 14.0. The largest absolute Gasteiger partial charge is 0.440 e. The Labute approximate surface area is 122 Å². The Kier molecular flexibility index (Phi) is 2.29. The SMILES string of the molecule is O=C(Nc1ccc2oc(C3CC3)nc2c1)C1CC2CC2C1. The fourth-order valence-corrected chi connectivity index (χ4v) is 3.70. The van der Waals surface area contributed by atoms with Crippen molar-refractivity contribution in [2.45, 2.75) is 38.0 Å². The number of rotatable bonds is 3. The standard InChI is InChI=1S/C17H18N2O2/c20-16(12-6-10-5-11(10)7-12)18-13-3-4-15-14(8-13)19-17(21-15)9-1-2-9/h3-4,8-12H,1-2,5-7H2,(H,18,20).